The Morgan fingerprint density at radius 2 is 1.96 bits per heavy atom. The molecule has 28 heavy (non-hydrogen) atoms. The molecule has 2 aromatic rings. The monoisotopic (exact) mass is 414 g/mol. The van der Waals surface area contributed by atoms with Crippen molar-refractivity contribution in [2.75, 3.05) is 5.75 Å². The van der Waals surface area contributed by atoms with Gasteiger partial charge in [-0.2, -0.15) is 0 Å². The summed E-state index contributed by atoms with van der Waals surface area (Å²) < 4.78 is 0. The van der Waals surface area contributed by atoms with Crippen molar-refractivity contribution < 1.29 is 19.5 Å². The summed E-state index contributed by atoms with van der Waals surface area (Å²) in [5.74, 6) is -1.17. The number of carbonyl (C=O) groups excluding carboxylic acids is 2. The summed E-state index contributed by atoms with van der Waals surface area (Å²) in [6, 6.07) is 12.5. The van der Waals surface area contributed by atoms with Gasteiger partial charge in [0, 0.05) is 17.1 Å². The van der Waals surface area contributed by atoms with Crippen molar-refractivity contribution in [1.29, 1.82) is 0 Å². The maximum Gasteiger partial charge on any atom is 0.352 e. The van der Waals surface area contributed by atoms with E-state index in [1.807, 2.05) is 47.8 Å². The van der Waals surface area contributed by atoms with Crippen LogP contribution < -0.4 is 5.32 Å². The number of thiophene rings is 1. The van der Waals surface area contributed by atoms with Gasteiger partial charge in [-0.15, -0.1) is 23.1 Å². The van der Waals surface area contributed by atoms with Gasteiger partial charge in [0.2, 0.25) is 5.91 Å². The molecule has 2 atom stereocenters. The van der Waals surface area contributed by atoms with Gasteiger partial charge in [-0.05, 0) is 22.6 Å². The Morgan fingerprint density at radius 1 is 1.18 bits per heavy atom. The number of hydrogen-bond donors (Lipinski definition) is 2. The topological polar surface area (TPSA) is 86.7 Å². The molecule has 0 spiro atoms. The van der Waals surface area contributed by atoms with Crippen LogP contribution in [0.2, 0.25) is 0 Å². The van der Waals surface area contributed by atoms with Crippen molar-refractivity contribution in [3.63, 3.8) is 0 Å². The lowest BCUT2D eigenvalue weighted by Crippen LogP contribution is -2.70. The van der Waals surface area contributed by atoms with E-state index in [1.165, 1.54) is 16.7 Å². The van der Waals surface area contributed by atoms with E-state index in [4.69, 9.17) is 0 Å². The molecule has 1 saturated heterocycles. The van der Waals surface area contributed by atoms with E-state index in [2.05, 4.69) is 5.32 Å². The fraction of sp³-hybridized carbons (Fsp3) is 0.250. The van der Waals surface area contributed by atoms with E-state index in [1.54, 1.807) is 11.3 Å². The van der Waals surface area contributed by atoms with Crippen LogP contribution in [0.5, 0.6) is 0 Å². The SMILES string of the molecule is O=C(Cc1ccccc1)N[C@@H]1C(=O)N2C(C(=O)O)=C(Cc3cccs3)CS[C@@H]12. The van der Waals surface area contributed by atoms with Gasteiger partial charge in [0.1, 0.15) is 17.1 Å². The Labute approximate surface area is 170 Å². The van der Waals surface area contributed by atoms with Gasteiger partial charge in [0.15, 0.2) is 0 Å². The molecule has 0 aliphatic carbocycles. The maximum atomic E-state index is 12.6. The number of hydrogen-bond acceptors (Lipinski definition) is 5. The average molecular weight is 415 g/mol. The van der Waals surface area contributed by atoms with Gasteiger partial charge < -0.3 is 10.4 Å². The third-order valence-electron chi connectivity index (χ3n) is 4.74. The Balaban J connectivity index is 1.47. The predicted octanol–water partition coefficient (Wildman–Crippen LogP) is 2.27. The van der Waals surface area contributed by atoms with Gasteiger partial charge in [0.05, 0.1) is 6.42 Å². The number of rotatable bonds is 6. The molecule has 6 nitrogen and oxygen atoms in total. The second-order valence-electron chi connectivity index (χ2n) is 6.63. The zero-order valence-electron chi connectivity index (χ0n) is 14.8. The summed E-state index contributed by atoms with van der Waals surface area (Å²) in [6.45, 7) is 0. The van der Waals surface area contributed by atoms with Gasteiger partial charge in [-0.3, -0.25) is 14.5 Å². The fourth-order valence-corrected chi connectivity index (χ4v) is 5.54. The lowest BCUT2D eigenvalue weighted by atomic mass is 10.0. The van der Waals surface area contributed by atoms with E-state index < -0.39 is 12.0 Å². The molecule has 8 heteroatoms. The molecule has 1 aromatic carbocycles. The predicted molar refractivity (Wildman–Crippen MR) is 108 cm³/mol. The molecular formula is C20H18N2O4S2. The summed E-state index contributed by atoms with van der Waals surface area (Å²) in [6.07, 6.45) is 0.709. The molecule has 2 aliphatic rings. The van der Waals surface area contributed by atoms with Crippen molar-refractivity contribution >= 4 is 40.9 Å². The van der Waals surface area contributed by atoms with E-state index in [9.17, 15) is 19.5 Å². The van der Waals surface area contributed by atoms with Crippen molar-refractivity contribution in [2.24, 2.45) is 0 Å². The highest BCUT2D eigenvalue weighted by Gasteiger charge is 2.54. The highest BCUT2D eigenvalue weighted by atomic mass is 32.2. The summed E-state index contributed by atoms with van der Waals surface area (Å²) in [5, 5.41) is 14.0. The van der Waals surface area contributed by atoms with E-state index in [-0.39, 0.29) is 29.3 Å². The number of carboxylic acid groups (broad SMARTS) is 1. The first-order valence-corrected chi connectivity index (χ1v) is 10.7. The van der Waals surface area contributed by atoms with Gasteiger partial charge in [-0.25, -0.2) is 4.79 Å². The van der Waals surface area contributed by atoms with Crippen LogP contribution in [0.1, 0.15) is 10.4 Å². The molecule has 144 valence electrons. The van der Waals surface area contributed by atoms with Crippen LogP contribution >= 0.6 is 23.1 Å². The van der Waals surface area contributed by atoms with Gasteiger partial charge in [0.25, 0.3) is 5.91 Å². The van der Waals surface area contributed by atoms with Crippen molar-refractivity contribution in [2.45, 2.75) is 24.3 Å². The summed E-state index contributed by atoms with van der Waals surface area (Å²) >= 11 is 3.06. The maximum absolute atomic E-state index is 12.6. The summed E-state index contributed by atoms with van der Waals surface area (Å²) in [4.78, 5) is 39.2. The molecule has 0 unspecified atom stereocenters. The first-order valence-electron chi connectivity index (χ1n) is 8.80. The quantitative estimate of drug-likeness (QED) is 0.708. The van der Waals surface area contributed by atoms with Crippen LogP contribution in [0.3, 0.4) is 0 Å². The molecule has 0 saturated carbocycles. The molecule has 0 bridgehead atoms. The second kappa shape index (κ2) is 7.81. The molecular weight excluding hydrogens is 396 g/mol. The minimum Gasteiger partial charge on any atom is -0.477 e. The highest BCUT2D eigenvalue weighted by Crippen LogP contribution is 2.41. The minimum absolute atomic E-state index is 0.0655. The number of benzene rings is 1. The largest absolute Gasteiger partial charge is 0.477 e. The molecule has 1 fully saturated rings. The summed E-state index contributed by atoms with van der Waals surface area (Å²) in [7, 11) is 0. The number of carboxylic acids is 1. The average Bonchev–Trinajstić information content (AvgIpc) is 3.19. The molecule has 2 N–H and O–H groups in total. The number of amides is 2. The van der Waals surface area contributed by atoms with Crippen LogP contribution in [-0.2, 0) is 27.2 Å². The Kier molecular flexibility index (Phi) is 5.23. The molecule has 3 heterocycles. The molecule has 4 rings (SSSR count). The van der Waals surface area contributed by atoms with Crippen molar-refractivity contribution in [1.82, 2.24) is 10.2 Å². The summed E-state index contributed by atoms with van der Waals surface area (Å²) in [5.41, 5.74) is 1.67. The zero-order valence-corrected chi connectivity index (χ0v) is 16.5. The first-order chi connectivity index (χ1) is 13.5. The lowest BCUT2D eigenvalue weighted by molar-refractivity contribution is -0.150. The van der Waals surface area contributed by atoms with E-state index in [0.717, 1.165) is 16.0 Å². The van der Waals surface area contributed by atoms with E-state index in [0.29, 0.717) is 12.2 Å². The van der Waals surface area contributed by atoms with Crippen LogP contribution in [0.4, 0.5) is 0 Å². The van der Waals surface area contributed by atoms with Crippen LogP contribution in [-0.4, -0.2) is 45.0 Å². The van der Waals surface area contributed by atoms with Crippen LogP contribution in [0, 0.1) is 0 Å². The number of nitrogens with one attached hydrogen (secondary N) is 1. The van der Waals surface area contributed by atoms with Crippen LogP contribution in [0.15, 0.2) is 59.1 Å². The number of carbonyl (C=O) groups is 3. The normalized spacial score (nSPS) is 21.1. The molecule has 0 radical (unpaired) electrons. The highest BCUT2D eigenvalue weighted by molar-refractivity contribution is 8.00. The third-order valence-corrected chi connectivity index (χ3v) is 6.96. The van der Waals surface area contributed by atoms with Crippen molar-refractivity contribution in [3.8, 4) is 0 Å². The first kappa shape index (κ1) is 18.8. The number of β-lactam (4-membered cyclic amide) rings is 1. The Hall–Kier alpha value is -2.58. The smallest absolute Gasteiger partial charge is 0.352 e. The lowest BCUT2D eigenvalue weighted by Gasteiger charge is -2.49. The van der Waals surface area contributed by atoms with Crippen LogP contribution in [0.25, 0.3) is 0 Å². The van der Waals surface area contributed by atoms with Gasteiger partial charge in [-0.1, -0.05) is 36.4 Å². The molecule has 1 aromatic heterocycles. The number of nitrogens with zero attached hydrogens (tertiary/aromatic N) is 1. The number of fused-ring (bicyclic) bond motifs is 1. The third kappa shape index (κ3) is 3.57. The van der Waals surface area contributed by atoms with Crippen molar-refractivity contribution in [3.05, 3.63) is 69.6 Å². The number of thioether (sulfide) groups is 1. The molecule has 2 aliphatic heterocycles. The Bertz CT molecular complexity index is 940. The second-order valence-corrected chi connectivity index (χ2v) is 8.77. The fourth-order valence-electron chi connectivity index (χ4n) is 3.45. The van der Waals surface area contributed by atoms with E-state index >= 15 is 0 Å². The molecule has 2 amide bonds. The minimum atomic E-state index is -1.10. The van der Waals surface area contributed by atoms with Gasteiger partial charge >= 0.3 is 5.97 Å². The number of aliphatic carboxylic acids is 1. The Morgan fingerprint density at radius 3 is 2.64 bits per heavy atom. The zero-order chi connectivity index (χ0) is 19.7. The standard InChI is InChI=1S/C20H18N2O4S2/c23-15(9-12-5-2-1-3-6-12)21-16-18(24)22-17(20(25)26)13(11-28-19(16)22)10-14-7-4-8-27-14/h1-8,16,19H,9-11H2,(H,21,23)(H,25,26)/t16-,19+/m1/s1.